The maximum absolute atomic E-state index is 11.7. The molecule has 0 aromatic rings. The molecule has 1 aliphatic carbocycles. The molecule has 0 bridgehead atoms. The number of rotatable bonds is 5. The van der Waals surface area contributed by atoms with E-state index in [2.05, 4.69) is 0 Å². The Labute approximate surface area is 112 Å². The summed E-state index contributed by atoms with van der Waals surface area (Å²) in [5, 5.41) is 1.92. The number of hydrogen-bond donors (Lipinski definition) is 2. The molecule has 106 valence electrons. The van der Waals surface area contributed by atoms with E-state index in [0.717, 1.165) is 18.4 Å². The minimum Gasteiger partial charge on any atom is -0.449 e. The van der Waals surface area contributed by atoms with Gasteiger partial charge in [-0.25, -0.2) is 9.59 Å². The average molecular weight is 268 g/mol. The van der Waals surface area contributed by atoms with E-state index in [0.29, 0.717) is 5.92 Å². The molecule has 1 aliphatic rings. The van der Waals surface area contributed by atoms with Crippen LogP contribution in [0.15, 0.2) is 11.6 Å². The summed E-state index contributed by atoms with van der Waals surface area (Å²) in [5.41, 5.74) is 5.83. The van der Waals surface area contributed by atoms with Crippen LogP contribution in [0.2, 0.25) is 0 Å². The van der Waals surface area contributed by atoms with Crippen molar-refractivity contribution in [1.82, 2.24) is 5.32 Å². The molecule has 0 radical (unpaired) electrons. The fourth-order valence-corrected chi connectivity index (χ4v) is 1.69. The van der Waals surface area contributed by atoms with Crippen LogP contribution < -0.4 is 11.1 Å². The summed E-state index contributed by atoms with van der Waals surface area (Å²) in [7, 11) is 0. The van der Waals surface area contributed by atoms with Crippen molar-refractivity contribution >= 4 is 17.9 Å². The predicted molar refractivity (Wildman–Crippen MR) is 68.9 cm³/mol. The Morgan fingerprint density at radius 1 is 1.32 bits per heavy atom. The molecule has 0 aromatic carbocycles. The lowest BCUT2D eigenvalue weighted by Gasteiger charge is -2.19. The van der Waals surface area contributed by atoms with Crippen LogP contribution >= 0.6 is 0 Å². The first-order chi connectivity index (χ1) is 8.81. The molecule has 1 saturated carbocycles. The largest absolute Gasteiger partial charge is 0.449 e. The third-order valence-corrected chi connectivity index (χ3v) is 2.92. The van der Waals surface area contributed by atoms with Gasteiger partial charge in [-0.3, -0.25) is 10.1 Å². The SMILES string of the molecule is C/C(=C\C(=O)O[C@H](C(=O)NC(N)=O)C(C)C)C1CC1. The molecule has 0 heterocycles. The number of allylic oxidation sites excluding steroid dienone is 1. The van der Waals surface area contributed by atoms with Gasteiger partial charge in [-0.2, -0.15) is 0 Å². The Hall–Kier alpha value is -1.85. The predicted octanol–water partition coefficient (Wildman–Crippen LogP) is 1.11. The van der Waals surface area contributed by atoms with Gasteiger partial charge in [0.25, 0.3) is 5.91 Å². The maximum Gasteiger partial charge on any atom is 0.331 e. The third-order valence-electron chi connectivity index (χ3n) is 2.92. The Bertz CT molecular complexity index is 411. The normalized spacial score (nSPS) is 16.9. The molecule has 0 unspecified atom stereocenters. The van der Waals surface area contributed by atoms with Gasteiger partial charge in [0, 0.05) is 6.08 Å². The molecule has 6 nitrogen and oxygen atoms in total. The quantitative estimate of drug-likeness (QED) is 0.576. The second-order valence-electron chi connectivity index (χ2n) is 5.12. The second kappa shape index (κ2) is 6.36. The smallest absolute Gasteiger partial charge is 0.331 e. The van der Waals surface area contributed by atoms with Crippen LogP contribution in [0.5, 0.6) is 0 Å². The van der Waals surface area contributed by atoms with E-state index in [1.165, 1.54) is 6.08 Å². The van der Waals surface area contributed by atoms with Crippen LogP contribution in [0.3, 0.4) is 0 Å². The van der Waals surface area contributed by atoms with Crippen LogP contribution in [0, 0.1) is 11.8 Å². The maximum atomic E-state index is 11.7. The summed E-state index contributed by atoms with van der Waals surface area (Å²) < 4.78 is 5.09. The van der Waals surface area contributed by atoms with Crippen molar-refractivity contribution in [2.45, 2.75) is 39.7 Å². The molecular formula is C13H20N2O4. The number of urea groups is 1. The fourth-order valence-electron chi connectivity index (χ4n) is 1.69. The van der Waals surface area contributed by atoms with E-state index >= 15 is 0 Å². The van der Waals surface area contributed by atoms with Crippen molar-refractivity contribution in [3.63, 3.8) is 0 Å². The van der Waals surface area contributed by atoms with E-state index in [9.17, 15) is 14.4 Å². The van der Waals surface area contributed by atoms with Gasteiger partial charge in [-0.05, 0) is 31.6 Å². The van der Waals surface area contributed by atoms with Gasteiger partial charge in [0.15, 0.2) is 6.10 Å². The zero-order chi connectivity index (χ0) is 14.6. The van der Waals surface area contributed by atoms with Gasteiger partial charge < -0.3 is 10.5 Å². The Balaban J connectivity index is 2.62. The highest BCUT2D eigenvalue weighted by Crippen LogP contribution is 2.35. The molecule has 1 fully saturated rings. The van der Waals surface area contributed by atoms with Crippen molar-refractivity contribution in [3.05, 3.63) is 11.6 Å². The average Bonchev–Trinajstić information content (AvgIpc) is 3.07. The molecule has 0 saturated heterocycles. The molecule has 0 spiro atoms. The number of imide groups is 1. The number of nitrogens with one attached hydrogen (secondary N) is 1. The van der Waals surface area contributed by atoms with E-state index in [4.69, 9.17) is 10.5 Å². The zero-order valence-corrected chi connectivity index (χ0v) is 11.4. The molecular weight excluding hydrogens is 248 g/mol. The summed E-state index contributed by atoms with van der Waals surface area (Å²) in [5.74, 6) is -1.06. The van der Waals surface area contributed by atoms with E-state index in [1.54, 1.807) is 13.8 Å². The fraction of sp³-hybridized carbons (Fsp3) is 0.615. The first-order valence-electron chi connectivity index (χ1n) is 6.30. The van der Waals surface area contributed by atoms with Crippen LogP contribution in [0.4, 0.5) is 4.79 Å². The number of primary amides is 1. The highest BCUT2D eigenvalue weighted by Gasteiger charge is 2.28. The molecule has 1 atom stereocenters. The van der Waals surface area contributed by atoms with Gasteiger partial charge in [-0.1, -0.05) is 19.4 Å². The van der Waals surface area contributed by atoms with E-state index in [1.807, 2.05) is 12.2 Å². The number of carbonyl (C=O) groups is 3. The number of ether oxygens (including phenoxy) is 1. The number of nitrogens with two attached hydrogens (primary N) is 1. The molecule has 3 amide bonds. The summed E-state index contributed by atoms with van der Waals surface area (Å²) in [4.78, 5) is 34.0. The second-order valence-corrected chi connectivity index (χ2v) is 5.12. The monoisotopic (exact) mass is 268 g/mol. The number of amides is 3. The summed E-state index contributed by atoms with van der Waals surface area (Å²) in [6, 6.07) is -0.962. The van der Waals surface area contributed by atoms with Crippen LogP contribution in [-0.4, -0.2) is 24.0 Å². The first kappa shape index (κ1) is 15.2. The van der Waals surface area contributed by atoms with Crippen molar-refractivity contribution in [2.24, 2.45) is 17.6 Å². The zero-order valence-electron chi connectivity index (χ0n) is 11.4. The molecule has 0 aromatic heterocycles. The number of carbonyl (C=O) groups excluding carboxylic acids is 3. The Kier molecular flexibility index (Phi) is 5.09. The lowest BCUT2D eigenvalue weighted by molar-refractivity contribution is -0.153. The topological polar surface area (TPSA) is 98.5 Å². The summed E-state index contributed by atoms with van der Waals surface area (Å²) >= 11 is 0. The van der Waals surface area contributed by atoms with Gasteiger partial charge in [0.05, 0.1) is 0 Å². The standard InChI is InChI=1S/C13H20N2O4/c1-7(2)11(12(17)15-13(14)18)19-10(16)6-8(3)9-4-5-9/h6-7,9,11H,4-5H2,1-3H3,(H3,14,15,17,18)/b8-6+/t11-/m0/s1. The van der Waals surface area contributed by atoms with Crippen LogP contribution in [0.1, 0.15) is 33.6 Å². The van der Waals surface area contributed by atoms with Crippen molar-refractivity contribution in [3.8, 4) is 0 Å². The Morgan fingerprint density at radius 2 is 1.89 bits per heavy atom. The molecule has 0 aliphatic heterocycles. The van der Waals surface area contributed by atoms with Crippen molar-refractivity contribution in [2.75, 3.05) is 0 Å². The highest BCUT2D eigenvalue weighted by atomic mass is 16.5. The highest BCUT2D eigenvalue weighted by molar-refractivity contribution is 5.97. The third kappa shape index (κ3) is 5.11. The molecule has 6 heteroatoms. The minimum atomic E-state index is -1.02. The number of esters is 1. The molecule has 19 heavy (non-hydrogen) atoms. The van der Waals surface area contributed by atoms with Gasteiger partial charge in [0.1, 0.15) is 0 Å². The van der Waals surface area contributed by atoms with Crippen molar-refractivity contribution < 1.29 is 19.1 Å². The summed E-state index contributed by atoms with van der Waals surface area (Å²) in [6.45, 7) is 5.30. The van der Waals surface area contributed by atoms with Crippen LogP contribution in [-0.2, 0) is 14.3 Å². The van der Waals surface area contributed by atoms with E-state index < -0.39 is 24.0 Å². The van der Waals surface area contributed by atoms with Gasteiger partial charge in [-0.15, -0.1) is 0 Å². The molecule has 3 N–H and O–H groups in total. The lowest BCUT2D eigenvalue weighted by atomic mass is 10.1. The Morgan fingerprint density at radius 3 is 2.32 bits per heavy atom. The number of hydrogen-bond acceptors (Lipinski definition) is 4. The van der Waals surface area contributed by atoms with E-state index in [-0.39, 0.29) is 5.92 Å². The molecule has 1 rings (SSSR count). The first-order valence-corrected chi connectivity index (χ1v) is 6.30. The lowest BCUT2D eigenvalue weighted by Crippen LogP contribution is -2.45. The summed E-state index contributed by atoms with van der Waals surface area (Å²) in [6.07, 6.45) is 2.56. The van der Waals surface area contributed by atoms with Gasteiger partial charge in [0.2, 0.25) is 0 Å². The minimum absolute atomic E-state index is 0.252. The van der Waals surface area contributed by atoms with Crippen molar-refractivity contribution in [1.29, 1.82) is 0 Å². The van der Waals surface area contributed by atoms with Gasteiger partial charge >= 0.3 is 12.0 Å². The van der Waals surface area contributed by atoms with Crippen LogP contribution in [0.25, 0.3) is 0 Å².